The van der Waals surface area contributed by atoms with Crippen molar-refractivity contribution in [1.82, 2.24) is 5.32 Å². The van der Waals surface area contributed by atoms with Gasteiger partial charge in [-0.15, -0.1) is 0 Å². The summed E-state index contributed by atoms with van der Waals surface area (Å²) in [4.78, 5) is 11.8. The van der Waals surface area contributed by atoms with Crippen LogP contribution < -0.4 is 5.32 Å². The first-order valence-corrected chi connectivity index (χ1v) is 8.25. The SMILES string of the molecule is CC(C)(C)OC(=O)NC1(OS(C)(=O)=O)CCCCC1. The van der Waals surface area contributed by atoms with E-state index in [2.05, 4.69) is 5.32 Å². The minimum absolute atomic E-state index is 0.472. The van der Waals surface area contributed by atoms with Gasteiger partial charge in [0.2, 0.25) is 0 Å². The lowest BCUT2D eigenvalue weighted by Gasteiger charge is -2.36. The molecule has 0 atom stereocenters. The van der Waals surface area contributed by atoms with Gasteiger partial charge in [-0.25, -0.2) is 8.98 Å². The topological polar surface area (TPSA) is 81.7 Å². The van der Waals surface area contributed by atoms with Crippen LogP contribution in [-0.4, -0.2) is 32.1 Å². The summed E-state index contributed by atoms with van der Waals surface area (Å²) in [7, 11) is -3.64. The molecular weight excluding hydrogens is 270 g/mol. The van der Waals surface area contributed by atoms with Crippen LogP contribution in [0.4, 0.5) is 4.79 Å². The van der Waals surface area contributed by atoms with Crippen LogP contribution in [0, 0.1) is 0 Å². The van der Waals surface area contributed by atoms with Crippen LogP contribution in [0.3, 0.4) is 0 Å². The number of hydrogen-bond acceptors (Lipinski definition) is 5. The molecule has 0 aromatic rings. The predicted molar refractivity (Wildman–Crippen MR) is 71.1 cm³/mol. The second-order valence-electron chi connectivity index (χ2n) is 5.97. The maximum Gasteiger partial charge on any atom is 0.409 e. The van der Waals surface area contributed by atoms with Crippen LogP contribution in [0.25, 0.3) is 0 Å². The molecule has 1 N–H and O–H groups in total. The first kappa shape index (κ1) is 16.2. The fourth-order valence-corrected chi connectivity index (χ4v) is 2.92. The average molecular weight is 293 g/mol. The van der Waals surface area contributed by atoms with E-state index in [1.807, 2.05) is 0 Å². The molecule has 0 aliphatic heterocycles. The molecule has 1 amide bonds. The quantitative estimate of drug-likeness (QED) is 0.637. The summed E-state index contributed by atoms with van der Waals surface area (Å²) in [5.74, 6) is 0. The number of amides is 1. The van der Waals surface area contributed by atoms with Crippen molar-refractivity contribution in [3.05, 3.63) is 0 Å². The van der Waals surface area contributed by atoms with Gasteiger partial charge >= 0.3 is 6.09 Å². The third kappa shape index (κ3) is 6.24. The van der Waals surface area contributed by atoms with E-state index in [9.17, 15) is 13.2 Å². The van der Waals surface area contributed by atoms with Gasteiger partial charge in [-0.3, -0.25) is 5.32 Å². The maximum atomic E-state index is 11.8. The minimum Gasteiger partial charge on any atom is -0.444 e. The number of carbonyl (C=O) groups excluding carboxylic acids is 1. The summed E-state index contributed by atoms with van der Waals surface area (Å²) >= 11 is 0. The Morgan fingerprint density at radius 1 is 1.16 bits per heavy atom. The molecule has 7 heteroatoms. The lowest BCUT2D eigenvalue weighted by molar-refractivity contribution is -0.0137. The first-order chi connectivity index (χ1) is 8.52. The molecule has 0 radical (unpaired) electrons. The van der Waals surface area contributed by atoms with Crippen LogP contribution >= 0.6 is 0 Å². The fourth-order valence-electron chi connectivity index (χ4n) is 2.13. The molecule has 1 fully saturated rings. The Balaban J connectivity index is 2.77. The zero-order valence-electron chi connectivity index (χ0n) is 12.0. The smallest absolute Gasteiger partial charge is 0.409 e. The summed E-state index contributed by atoms with van der Waals surface area (Å²) < 4.78 is 33.0. The van der Waals surface area contributed by atoms with Crippen molar-refractivity contribution >= 4 is 16.2 Å². The molecule has 1 aliphatic rings. The first-order valence-electron chi connectivity index (χ1n) is 6.43. The van der Waals surface area contributed by atoms with Crippen LogP contribution in [0.2, 0.25) is 0 Å². The van der Waals surface area contributed by atoms with Gasteiger partial charge in [-0.05, 0) is 46.5 Å². The van der Waals surface area contributed by atoms with E-state index in [-0.39, 0.29) is 0 Å². The standard InChI is InChI=1S/C12H23NO5S/c1-11(2,3)17-10(14)13-12(18-19(4,15)16)8-6-5-7-9-12/h5-9H2,1-4H3,(H,13,14). The van der Waals surface area contributed by atoms with Gasteiger partial charge in [-0.2, -0.15) is 8.42 Å². The van der Waals surface area contributed by atoms with Crippen molar-refractivity contribution in [2.45, 2.75) is 64.2 Å². The van der Waals surface area contributed by atoms with Crippen molar-refractivity contribution < 1.29 is 22.1 Å². The molecule has 0 aromatic heterocycles. The lowest BCUT2D eigenvalue weighted by Crippen LogP contribution is -2.53. The summed E-state index contributed by atoms with van der Waals surface area (Å²) in [5, 5.41) is 2.58. The van der Waals surface area contributed by atoms with Gasteiger partial charge in [0.15, 0.2) is 5.72 Å². The Hall–Kier alpha value is -0.820. The van der Waals surface area contributed by atoms with Crippen LogP contribution in [-0.2, 0) is 19.0 Å². The van der Waals surface area contributed by atoms with Crippen molar-refractivity contribution in [2.75, 3.05) is 6.26 Å². The number of carbonyl (C=O) groups is 1. The predicted octanol–water partition coefficient (Wildman–Crippen LogP) is 2.15. The van der Waals surface area contributed by atoms with Crippen molar-refractivity contribution in [1.29, 1.82) is 0 Å². The molecule has 1 saturated carbocycles. The van der Waals surface area contributed by atoms with E-state index in [0.717, 1.165) is 25.5 Å². The normalized spacial score (nSPS) is 19.8. The second kappa shape index (κ2) is 5.66. The van der Waals surface area contributed by atoms with E-state index < -0.39 is 27.5 Å². The summed E-state index contributed by atoms with van der Waals surface area (Å²) in [6, 6.07) is 0. The summed E-state index contributed by atoms with van der Waals surface area (Å²) in [6.45, 7) is 5.24. The second-order valence-corrected chi connectivity index (χ2v) is 7.54. The van der Waals surface area contributed by atoms with Crippen LogP contribution in [0.5, 0.6) is 0 Å². The molecule has 1 aliphatic carbocycles. The number of rotatable bonds is 3. The molecule has 112 valence electrons. The minimum atomic E-state index is -3.64. The maximum absolute atomic E-state index is 11.8. The molecule has 0 aromatic carbocycles. The molecule has 0 saturated heterocycles. The number of ether oxygens (including phenoxy) is 1. The highest BCUT2D eigenvalue weighted by molar-refractivity contribution is 7.86. The fraction of sp³-hybridized carbons (Fsp3) is 0.917. The highest BCUT2D eigenvalue weighted by Crippen LogP contribution is 2.31. The molecule has 0 heterocycles. The largest absolute Gasteiger partial charge is 0.444 e. The number of nitrogens with one attached hydrogen (secondary N) is 1. The number of alkyl carbamates (subject to hydrolysis) is 1. The third-order valence-electron chi connectivity index (χ3n) is 2.70. The van der Waals surface area contributed by atoms with Gasteiger partial charge in [0, 0.05) is 0 Å². The molecule has 6 nitrogen and oxygen atoms in total. The highest BCUT2D eigenvalue weighted by atomic mass is 32.2. The monoisotopic (exact) mass is 293 g/mol. The molecule has 0 bridgehead atoms. The Kier molecular flexibility index (Phi) is 4.84. The molecule has 1 rings (SSSR count). The van der Waals surface area contributed by atoms with Crippen LogP contribution in [0.15, 0.2) is 0 Å². The Morgan fingerprint density at radius 3 is 2.11 bits per heavy atom. The summed E-state index contributed by atoms with van der Waals surface area (Å²) in [5.41, 5.74) is -1.79. The van der Waals surface area contributed by atoms with Crippen molar-refractivity contribution in [3.63, 3.8) is 0 Å². The van der Waals surface area contributed by atoms with Gasteiger partial charge in [-0.1, -0.05) is 6.42 Å². The third-order valence-corrected chi connectivity index (χ3v) is 3.32. The lowest BCUT2D eigenvalue weighted by atomic mass is 9.92. The van der Waals surface area contributed by atoms with Crippen molar-refractivity contribution in [3.8, 4) is 0 Å². The van der Waals surface area contributed by atoms with Crippen molar-refractivity contribution in [2.24, 2.45) is 0 Å². The molecule has 0 unspecified atom stereocenters. The van der Waals surface area contributed by atoms with Crippen LogP contribution in [0.1, 0.15) is 52.9 Å². The zero-order valence-corrected chi connectivity index (χ0v) is 12.8. The van der Waals surface area contributed by atoms with Gasteiger partial charge < -0.3 is 4.74 Å². The average Bonchev–Trinajstić information content (AvgIpc) is 2.11. The zero-order chi connectivity index (χ0) is 14.7. The van der Waals surface area contributed by atoms with E-state index >= 15 is 0 Å². The van der Waals surface area contributed by atoms with Gasteiger partial charge in [0.1, 0.15) is 5.60 Å². The Bertz CT molecular complexity index is 418. The van der Waals surface area contributed by atoms with Gasteiger partial charge in [0.25, 0.3) is 10.1 Å². The highest BCUT2D eigenvalue weighted by Gasteiger charge is 2.39. The van der Waals surface area contributed by atoms with Gasteiger partial charge in [0.05, 0.1) is 6.26 Å². The van der Waals surface area contributed by atoms with E-state index in [4.69, 9.17) is 8.92 Å². The Morgan fingerprint density at radius 2 is 1.68 bits per heavy atom. The molecule has 19 heavy (non-hydrogen) atoms. The Labute approximate surface area is 115 Å². The van der Waals surface area contributed by atoms with E-state index in [0.29, 0.717) is 12.8 Å². The van der Waals surface area contributed by atoms with E-state index in [1.165, 1.54) is 0 Å². The molecular formula is C12H23NO5S. The number of hydrogen-bond donors (Lipinski definition) is 1. The summed E-state index contributed by atoms with van der Waals surface area (Å²) in [6.07, 6.45) is 3.90. The van der Waals surface area contributed by atoms with E-state index in [1.54, 1.807) is 20.8 Å². The molecule has 0 spiro atoms.